The van der Waals surface area contributed by atoms with Gasteiger partial charge in [-0.1, -0.05) is 6.07 Å². The van der Waals surface area contributed by atoms with E-state index in [1.807, 2.05) is 0 Å². The van der Waals surface area contributed by atoms with Crippen LogP contribution in [0.15, 0.2) is 18.2 Å². The summed E-state index contributed by atoms with van der Waals surface area (Å²) in [5, 5.41) is 2.94. The molecule has 5 heteroatoms. The summed E-state index contributed by atoms with van der Waals surface area (Å²) in [4.78, 5) is 11.8. The Kier molecular flexibility index (Phi) is 4.37. The normalized spacial score (nSPS) is 19.8. The molecule has 3 N–H and O–H groups in total. The van der Waals surface area contributed by atoms with Crippen LogP contribution in [0.3, 0.4) is 0 Å². The zero-order chi connectivity index (χ0) is 13.8. The first kappa shape index (κ1) is 13.8. The average Bonchev–Trinajstić information content (AvgIpc) is 2.50. The Labute approximate surface area is 112 Å². The van der Waals surface area contributed by atoms with Crippen LogP contribution in [0, 0.1) is 5.82 Å². The lowest BCUT2D eigenvalue weighted by Gasteiger charge is -2.19. The van der Waals surface area contributed by atoms with Gasteiger partial charge < -0.3 is 15.8 Å². The van der Waals surface area contributed by atoms with Crippen molar-refractivity contribution in [2.75, 3.05) is 6.61 Å². The molecule has 0 saturated carbocycles. The van der Waals surface area contributed by atoms with E-state index in [-0.39, 0.29) is 30.2 Å². The van der Waals surface area contributed by atoms with E-state index in [1.54, 1.807) is 13.0 Å². The third kappa shape index (κ3) is 3.67. The van der Waals surface area contributed by atoms with Crippen molar-refractivity contribution in [3.63, 3.8) is 0 Å². The molecule has 0 spiro atoms. The predicted octanol–water partition coefficient (Wildman–Crippen LogP) is 1.89. The monoisotopic (exact) mass is 266 g/mol. The SMILES string of the molecule is CC(N)CC(=O)NC1CCCOc2cc(F)ccc21. The number of amides is 1. The third-order valence-electron chi connectivity index (χ3n) is 3.09. The van der Waals surface area contributed by atoms with Gasteiger partial charge in [-0.05, 0) is 25.8 Å². The van der Waals surface area contributed by atoms with Crippen LogP contribution in [0.1, 0.15) is 37.8 Å². The maximum Gasteiger partial charge on any atom is 0.222 e. The van der Waals surface area contributed by atoms with Gasteiger partial charge in [0.2, 0.25) is 5.91 Å². The number of halogens is 1. The minimum absolute atomic E-state index is 0.0859. The maximum atomic E-state index is 13.2. The maximum absolute atomic E-state index is 13.2. The molecule has 1 aromatic rings. The van der Waals surface area contributed by atoms with E-state index >= 15 is 0 Å². The van der Waals surface area contributed by atoms with Crippen molar-refractivity contribution in [2.24, 2.45) is 5.73 Å². The number of nitrogens with one attached hydrogen (secondary N) is 1. The third-order valence-corrected chi connectivity index (χ3v) is 3.09. The van der Waals surface area contributed by atoms with Crippen molar-refractivity contribution < 1.29 is 13.9 Å². The van der Waals surface area contributed by atoms with E-state index in [9.17, 15) is 9.18 Å². The zero-order valence-electron chi connectivity index (χ0n) is 11.0. The molecule has 1 amide bonds. The highest BCUT2D eigenvalue weighted by Gasteiger charge is 2.22. The van der Waals surface area contributed by atoms with Crippen molar-refractivity contribution in [1.29, 1.82) is 0 Å². The van der Waals surface area contributed by atoms with Crippen LogP contribution < -0.4 is 15.8 Å². The topological polar surface area (TPSA) is 64.4 Å². The number of hydrogen-bond donors (Lipinski definition) is 2. The molecule has 19 heavy (non-hydrogen) atoms. The van der Waals surface area contributed by atoms with Gasteiger partial charge in [0.1, 0.15) is 11.6 Å². The first-order chi connectivity index (χ1) is 9.06. The Balaban J connectivity index is 2.15. The van der Waals surface area contributed by atoms with Gasteiger partial charge in [-0.3, -0.25) is 4.79 Å². The van der Waals surface area contributed by atoms with Gasteiger partial charge in [0, 0.05) is 24.1 Å². The van der Waals surface area contributed by atoms with Crippen molar-refractivity contribution in [3.8, 4) is 5.75 Å². The molecule has 0 radical (unpaired) electrons. The van der Waals surface area contributed by atoms with Crippen LogP contribution in [0.2, 0.25) is 0 Å². The molecule has 1 aliphatic rings. The summed E-state index contributed by atoms with van der Waals surface area (Å²) in [6, 6.07) is 4.12. The lowest BCUT2D eigenvalue weighted by atomic mass is 10.0. The van der Waals surface area contributed by atoms with E-state index in [4.69, 9.17) is 10.5 Å². The van der Waals surface area contributed by atoms with E-state index in [0.717, 1.165) is 18.4 Å². The summed E-state index contributed by atoms with van der Waals surface area (Å²) in [6.45, 7) is 2.33. The summed E-state index contributed by atoms with van der Waals surface area (Å²) in [5.41, 5.74) is 6.44. The fourth-order valence-corrected chi connectivity index (χ4v) is 2.24. The second-order valence-corrected chi connectivity index (χ2v) is 4.97. The molecule has 0 fully saturated rings. The summed E-state index contributed by atoms with van der Waals surface area (Å²) in [6.07, 6.45) is 1.89. The molecule has 2 rings (SSSR count). The van der Waals surface area contributed by atoms with Crippen molar-refractivity contribution in [2.45, 2.75) is 38.3 Å². The van der Waals surface area contributed by atoms with Crippen LogP contribution in [0.5, 0.6) is 5.75 Å². The number of benzene rings is 1. The van der Waals surface area contributed by atoms with Crippen LogP contribution in [-0.2, 0) is 4.79 Å². The molecule has 4 nitrogen and oxygen atoms in total. The fraction of sp³-hybridized carbons (Fsp3) is 0.500. The lowest BCUT2D eigenvalue weighted by Crippen LogP contribution is -2.32. The molecule has 1 aromatic carbocycles. The lowest BCUT2D eigenvalue weighted by molar-refractivity contribution is -0.122. The molecule has 2 atom stereocenters. The number of rotatable bonds is 3. The van der Waals surface area contributed by atoms with E-state index in [1.165, 1.54) is 12.1 Å². The Morgan fingerprint density at radius 3 is 3.16 bits per heavy atom. The van der Waals surface area contributed by atoms with Crippen molar-refractivity contribution in [3.05, 3.63) is 29.6 Å². The Hall–Kier alpha value is -1.62. The van der Waals surface area contributed by atoms with Gasteiger partial charge in [0.15, 0.2) is 0 Å². The second-order valence-electron chi connectivity index (χ2n) is 4.97. The highest BCUT2D eigenvalue weighted by molar-refractivity contribution is 5.77. The van der Waals surface area contributed by atoms with Crippen LogP contribution in [0.4, 0.5) is 4.39 Å². The van der Waals surface area contributed by atoms with Crippen molar-refractivity contribution >= 4 is 5.91 Å². The molecule has 1 heterocycles. The van der Waals surface area contributed by atoms with E-state index < -0.39 is 0 Å². The van der Waals surface area contributed by atoms with Gasteiger partial charge in [-0.25, -0.2) is 4.39 Å². The Morgan fingerprint density at radius 1 is 1.63 bits per heavy atom. The minimum atomic E-state index is -0.332. The smallest absolute Gasteiger partial charge is 0.222 e. The number of carbonyl (C=O) groups excluding carboxylic acids is 1. The predicted molar refractivity (Wildman–Crippen MR) is 70.3 cm³/mol. The molecule has 0 aromatic heterocycles. The highest BCUT2D eigenvalue weighted by Crippen LogP contribution is 2.32. The molecular weight excluding hydrogens is 247 g/mol. The first-order valence-electron chi connectivity index (χ1n) is 6.53. The van der Waals surface area contributed by atoms with Crippen LogP contribution in [0.25, 0.3) is 0 Å². The fourth-order valence-electron chi connectivity index (χ4n) is 2.24. The average molecular weight is 266 g/mol. The van der Waals surface area contributed by atoms with Gasteiger partial charge in [0.05, 0.1) is 12.6 Å². The van der Waals surface area contributed by atoms with Gasteiger partial charge in [-0.2, -0.15) is 0 Å². The molecular formula is C14H19FN2O2. The second kappa shape index (κ2) is 6.02. The van der Waals surface area contributed by atoms with Gasteiger partial charge >= 0.3 is 0 Å². The van der Waals surface area contributed by atoms with Crippen LogP contribution >= 0.6 is 0 Å². The molecule has 1 aliphatic heterocycles. The highest BCUT2D eigenvalue weighted by atomic mass is 19.1. The quantitative estimate of drug-likeness (QED) is 0.878. The number of carbonyl (C=O) groups is 1. The summed E-state index contributed by atoms with van der Waals surface area (Å²) in [5.74, 6) is 0.0991. The van der Waals surface area contributed by atoms with E-state index in [2.05, 4.69) is 5.32 Å². The largest absolute Gasteiger partial charge is 0.493 e. The summed E-state index contributed by atoms with van der Waals surface area (Å²) < 4.78 is 18.7. The minimum Gasteiger partial charge on any atom is -0.493 e. The molecule has 0 bridgehead atoms. The van der Waals surface area contributed by atoms with Gasteiger partial charge in [-0.15, -0.1) is 0 Å². The Morgan fingerprint density at radius 2 is 2.42 bits per heavy atom. The number of ether oxygens (including phenoxy) is 1. The first-order valence-corrected chi connectivity index (χ1v) is 6.53. The molecule has 0 saturated heterocycles. The number of fused-ring (bicyclic) bond motifs is 1. The van der Waals surface area contributed by atoms with Crippen LogP contribution in [-0.4, -0.2) is 18.6 Å². The Bertz CT molecular complexity index is 463. The molecule has 2 unspecified atom stereocenters. The molecule has 104 valence electrons. The number of hydrogen-bond acceptors (Lipinski definition) is 3. The zero-order valence-corrected chi connectivity index (χ0v) is 11.0. The summed E-state index contributed by atoms with van der Waals surface area (Å²) >= 11 is 0. The van der Waals surface area contributed by atoms with Crippen molar-refractivity contribution in [1.82, 2.24) is 5.32 Å². The number of nitrogens with two attached hydrogens (primary N) is 1. The standard InChI is InChI=1S/C14H19FN2O2/c1-9(16)7-14(18)17-12-3-2-6-19-13-8-10(15)4-5-11(12)13/h4-5,8-9,12H,2-3,6-7,16H2,1H3,(H,17,18). The summed E-state index contributed by atoms with van der Waals surface area (Å²) in [7, 11) is 0. The van der Waals surface area contributed by atoms with Gasteiger partial charge in [0.25, 0.3) is 0 Å². The van der Waals surface area contributed by atoms with E-state index in [0.29, 0.717) is 12.4 Å². The molecule has 0 aliphatic carbocycles.